The number of nitrogens with zero attached hydrogens (tertiary/aromatic N) is 2. The molecule has 0 N–H and O–H groups in total. The Hall–Kier alpha value is -3.37. The SMILES string of the molecule is [2H]C([2H])([2H])c1c[c-]c(-c2cc(C)c(C([2H])([2H])C(C)(C)C)cn2)cc1.[2H]C([2H])([2H])c1cnc(-c2[c-]cc3oc4cccc5sc2c3c45)cc1C([2H])([2H])[2H].[Ir]. The molecule has 0 atom stereocenters. The van der Waals surface area contributed by atoms with E-state index in [1.807, 2.05) is 52.0 Å². The second-order valence-corrected chi connectivity index (χ2v) is 12.0. The van der Waals surface area contributed by atoms with E-state index in [1.165, 1.54) is 12.1 Å². The van der Waals surface area contributed by atoms with Gasteiger partial charge in [-0.2, -0.15) is 11.3 Å². The van der Waals surface area contributed by atoms with Gasteiger partial charge < -0.3 is 14.4 Å². The molecule has 0 aliphatic heterocycles. The van der Waals surface area contributed by atoms with Gasteiger partial charge in [0.25, 0.3) is 0 Å². The molecule has 0 saturated heterocycles. The Morgan fingerprint density at radius 1 is 0.881 bits per heavy atom. The Morgan fingerprint density at radius 2 is 1.69 bits per heavy atom. The number of furan rings is 1. The minimum atomic E-state index is -2.56. The number of rotatable bonds is 3. The van der Waals surface area contributed by atoms with Crippen LogP contribution in [-0.4, -0.2) is 9.97 Å². The molecule has 1 radical (unpaired) electrons. The average molecular weight is 758 g/mol. The molecule has 4 aromatic heterocycles. The molecule has 5 heteroatoms. The van der Waals surface area contributed by atoms with Crippen molar-refractivity contribution in [3.63, 3.8) is 0 Å². The zero-order valence-corrected chi connectivity index (χ0v) is 26.6. The van der Waals surface area contributed by atoms with E-state index >= 15 is 0 Å². The van der Waals surface area contributed by atoms with Gasteiger partial charge in [0.15, 0.2) is 0 Å². The zero-order chi connectivity index (χ0) is 38.2. The monoisotopic (exact) mass is 758 g/mol. The van der Waals surface area contributed by atoms with Crippen molar-refractivity contribution in [2.75, 3.05) is 0 Å². The number of thiophene rings is 1. The molecule has 0 unspecified atom stereocenters. The third-order valence-electron chi connectivity index (χ3n) is 6.59. The first-order valence-corrected chi connectivity index (χ1v) is 13.9. The maximum absolute atomic E-state index is 8.39. The summed E-state index contributed by atoms with van der Waals surface area (Å²) >= 11 is 1.56. The molecular formula is C37H34IrN2OS-2. The van der Waals surface area contributed by atoms with Crippen LogP contribution in [0.3, 0.4) is 0 Å². The van der Waals surface area contributed by atoms with Crippen molar-refractivity contribution >= 4 is 42.7 Å². The van der Waals surface area contributed by atoms with Crippen LogP contribution >= 0.6 is 11.3 Å². The summed E-state index contributed by atoms with van der Waals surface area (Å²) in [6, 6.07) is 21.5. The standard InChI is InChI=1S/C19H12NOS.C18H22N.Ir/c1-10-8-13(20-9-11(10)2)12-6-7-15-18-17-14(21-15)4-3-5-16(17)22-19(12)18;1-13-6-8-15(9-7-13)17-10-14(2)16(12-19-17)11-18(3,4)5;/h3-5,7-9H,1-2H3;6-8,10,12H,11H2,1-5H3;/q2*-1;/i1D3,2D3;1D3,11D2;. The van der Waals surface area contributed by atoms with E-state index in [9.17, 15) is 0 Å². The molecule has 215 valence electrons. The van der Waals surface area contributed by atoms with Crippen LogP contribution in [-0.2, 0) is 26.5 Å². The summed E-state index contributed by atoms with van der Waals surface area (Å²) in [5.41, 5.74) is 4.46. The maximum Gasteiger partial charge on any atom is 0.122 e. The number of hydrogen-bond acceptors (Lipinski definition) is 4. The molecule has 3 nitrogen and oxygen atoms in total. The summed E-state index contributed by atoms with van der Waals surface area (Å²) in [5, 5.41) is 1.99. The topological polar surface area (TPSA) is 38.9 Å². The van der Waals surface area contributed by atoms with Gasteiger partial charge in [-0.1, -0.05) is 56.9 Å². The van der Waals surface area contributed by atoms with Crippen LogP contribution in [0.5, 0.6) is 0 Å². The van der Waals surface area contributed by atoms with Crippen molar-refractivity contribution in [1.29, 1.82) is 0 Å². The first kappa shape index (κ1) is 19.0. The molecule has 4 heterocycles. The van der Waals surface area contributed by atoms with Crippen molar-refractivity contribution in [3.05, 3.63) is 107 Å². The van der Waals surface area contributed by atoms with Gasteiger partial charge in [-0.3, -0.25) is 0 Å². The molecule has 42 heavy (non-hydrogen) atoms. The van der Waals surface area contributed by atoms with E-state index in [0.29, 0.717) is 33.7 Å². The summed E-state index contributed by atoms with van der Waals surface area (Å²) in [4.78, 5) is 8.65. The van der Waals surface area contributed by atoms with E-state index in [-0.39, 0.29) is 36.8 Å². The van der Waals surface area contributed by atoms with Gasteiger partial charge in [-0.15, -0.1) is 53.1 Å². The molecule has 3 aromatic carbocycles. The fourth-order valence-electron chi connectivity index (χ4n) is 4.69. The molecule has 0 saturated carbocycles. The van der Waals surface area contributed by atoms with Gasteiger partial charge >= 0.3 is 0 Å². The van der Waals surface area contributed by atoms with Crippen molar-refractivity contribution in [3.8, 4) is 22.5 Å². The fraction of sp³-hybridized carbons (Fsp3) is 0.243. The smallest absolute Gasteiger partial charge is 0.122 e. The third kappa shape index (κ3) is 5.92. The molecule has 0 amide bonds. The molecular weight excluding hydrogens is 713 g/mol. The van der Waals surface area contributed by atoms with E-state index < -0.39 is 32.3 Å². The Labute approximate surface area is 281 Å². The molecule has 7 aromatic rings. The molecule has 0 bridgehead atoms. The quantitative estimate of drug-likeness (QED) is 0.169. The number of aryl methyl sites for hydroxylation is 4. The minimum absolute atomic E-state index is 0. The number of benzene rings is 3. The molecule has 0 fully saturated rings. The Bertz CT molecular complexity index is 2400. The van der Waals surface area contributed by atoms with Crippen LogP contribution in [0.4, 0.5) is 0 Å². The Morgan fingerprint density at radius 3 is 2.40 bits per heavy atom. The van der Waals surface area contributed by atoms with E-state index in [2.05, 4.69) is 22.1 Å². The predicted molar refractivity (Wildman–Crippen MR) is 173 cm³/mol. The van der Waals surface area contributed by atoms with Crippen molar-refractivity contribution in [1.82, 2.24) is 9.97 Å². The van der Waals surface area contributed by atoms with E-state index in [4.69, 9.17) is 19.5 Å². The van der Waals surface area contributed by atoms with Gasteiger partial charge in [-0.25, -0.2) is 0 Å². The Kier molecular flexibility index (Phi) is 5.31. The van der Waals surface area contributed by atoms with E-state index in [0.717, 1.165) is 37.5 Å². The first-order chi connectivity index (χ1) is 24.0. The molecule has 0 spiro atoms. The summed E-state index contributed by atoms with van der Waals surface area (Å²) in [6.07, 6.45) is 1.21. The first-order valence-electron chi connectivity index (χ1n) is 18.6. The minimum Gasteiger partial charge on any atom is -0.500 e. The second-order valence-electron chi connectivity index (χ2n) is 10.9. The average Bonchev–Trinajstić information content (AvgIpc) is 3.63. The zero-order valence-electron chi connectivity index (χ0n) is 34.4. The summed E-state index contributed by atoms with van der Waals surface area (Å²) in [7, 11) is 0. The molecule has 0 aliphatic carbocycles. The van der Waals surface area contributed by atoms with Gasteiger partial charge in [0, 0.05) is 57.7 Å². The van der Waals surface area contributed by atoms with Crippen LogP contribution in [0.1, 0.15) is 63.7 Å². The number of hydrogen-bond donors (Lipinski definition) is 0. The molecule has 7 rings (SSSR count). The van der Waals surface area contributed by atoms with Crippen molar-refractivity contribution in [2.45, 2.75) is 54.6 Å². The van der Waals surface area contributed by atoms with Crippen molar-refractivity contribution in [2.24, 2.45) is 5.41 Å². The van der Waals surface area contributed by atoms with Crippen LogP contribution in [0.15, 0.2) is 71.4 Å². The van der Waals surface area contributed by atoms with E-state index in [1.54, 1.807) is 35.7 Å². The van der Waals surface area contributed by atoms with Gasteiger partial charge in [-0.05, 0) is 77.1 Å². The van der Waals surface area contributed by atoms with Crippen LogP contribution in [0.25, 0.3) is 53.9 Å². The van der Waals surface area contributed by atoms with Gasteiger partial charge in [0.1, 0.15) is 5.58 Å². The third-order valence-corrected chi connectivity index (χ3v) is 7.76. The van der Waals surface area contributed by atoms with Crippen LogP contribution in [0.2, 0.25) is 0 Å². The predicted octanol–water partition coefficient (Wildman–Crippen LogP) is 10.5. The van der Waals surface area contributed by atoms with Crippen LogP contribution in [0, 0.1) is 45.0 Å². The van der Waals surface area contributed by atoms with Crippen LogP contribution < -0.4 is 0 Å². The number of aromatic nitrogens is 2. The van der Waals surface area contributed by atoms with Gasteiger partial charge in [0.2, 0.25) is 0 Å². The van der Waals surface area contributed by atoms with Crippen molar-refractivity contribution < 1.29 is 39.6 Å². The second kappa shape index (κ2) is 11.7. The van der Waals surface area contributed by atoms with Gasteiger partial charge in [0.05, 0.1) is 5.58 Å². The largest absolute Gasteiger partial charge is 0.500 e. The fourth-order valence-corrected chi connectivity index (χ4v) is 5.93. The molecule has 0 aliphatic rings. The Balaban J connectivity index is 0.000000203. The summed E-state index contributed by atoms with van der Waals surface area (Å²) in [5.74, 6) is 0. The summed E-state index contributed by atoms with van der Waals surface area (Å²) < 4.78 is 93.0. The normalized spacial score (nSPS) is 16.7. The maximum atomic E-state index is 8.39. The summed E-state index contributed by atoms with van der Waals surface area (Å²) in [6.45, 7) is 0.184. The number of pyridine rings is 2.